The fourth-order valence-electron chi connectivity index (χ4n) is 8.53. The molecule has 0 radical (unpaired) electrons. The van der Waals surface area contributed by atoms with Gasteiger partial charge < -0.3 is 5.11 Å². The van der Waals surface area contributed by atoms with Crippen LogP contribution in [0.3, 0.4) is 0 Å². The minimum absolute atomic E-state index is 0.0400. The lowest BCUT2D eigenvalue weighted by Crippen LogP contribution is -2.49. The normalized spacial score (nSPS) is 46.5. The Hall–Kier alpha value is -0.300. The van der Waals surface area contributed by atoms with E-state index in [0.717, 1.165) is 54.3 Å². The number of hydrogen-bond acceptors (Lipinski definition) is 1. The first-order valence-electron chi connectivity index (χ1n) is 13.0. The minimum Gasteiger partial charge on any atom is -0.393 e. The lowest BCUT2D eigenvalue weighted by molar-refractivity contribution is -0.0428. The zero-order valence-corrected chi connectivity index (χ0v) is 20.2. The van der Waals surface area contributed by atoms with Gasteiger partial charge in [-0.3, -0.25) is 0 Å². The molecule has 3 saturated carbocycles. The standard InChI is InChI=1S/C28H48O/c1-18(2)19(3)7-8-20(4)24-11-12-25-23-10-9-21-17-22(29)13-15-27(21,5)26(23)14-16-28(24,25)6/h10,18-22,24-26,29H,7-9,11-17H2,1-6H3/t19-,20+,21-,22+,24-,25+,26+,27-,28-/m0/s1. The van der Waals surface area contributed by atoms with Crippen LogP contribution in [-0.4, -0.2) is 11.2 Å². The van der Waals surface area contributed by atoms with Gasteiger partial charge in [0.1, 0.15) is 0 Å². The predicted molar refractivity (Wildman–Crippen MR) is 124 cm³/mol. The fourth-order valence-corrected chi connectivity index (χ4v) is 8.53. The largest absolute Gasteiger partial charge is 0.393 e. The second kappa shape index (κ2) is 7.99. The summed E-state index contributed by atoms with van der Waals surface area (Å²) in [5.74, 6) is 5.85. The molecular weight excluding hydrogens is 352 g/mol. The van der Waals surface area contributed by atoms with E-state index >= 15 is 0 Å². The molecule has 0 saturated heterocycles. The molecule has 4 aliphatic carbocycles. The van der Waals surface area contributed by atoms with E-state index in [2.05, 4.69) is 47.6 Å². The molecule has 0 aromatic heterocycles. The van der Waals surface area contributed by atoms with Crippen molar-refractivity contribution in [2.24, 2.45) is 52.3 Å². The summed E-state index contributed by atoms with van der Waals surface area (Å²) in [6.07, 6.45) is 15.8. The lowest BCUT2D eigenvalue weighted by Gasteiger charge is -2.57. The molecule has 1 heteroatoms. The number of allylic oxidation sites excluding steroid dienone is 2. The molecule has 0 spiro atoms. The third-order valence-electron chi connectivity index (χ3n) is 11.0. The average molecular weight is 401 g/mol. The first-order valence-corrected chi connectivity index (χ1v) is 13.0. The van der Waals surface area contributed by atoms with Crippen molar-refractivity contribution in [2.45, 2.75) is 112 Å². The maximum Gasteiger partial charge on any atom is 0.0543 e. The first kappa shape index (κ1) is 21.9. The van der Waals surface area contributed by atoms with Crippen molar-refractivity contribution in [3.8, 4) is 0 Å². The molecule has 0 aromatic carbocycles. The zero-order chi connectivity index (χ0) is 21.0. The average Bonchev–Trinajstić information content (AvgIpc) is 3.03. The molecular formula is C28H48O. The van der Waals surface area contributed by atoms with Crippen LogP contribution in [0.25, 0.3) is 0 Å². The highest BCUT2D eigenvalue weighted by Gasteiger charge is 2.58. The second-order valence-electron chi connectivity index (χ2n) is 12.7. The molecule has 0 amide bonds. The van der Waals surface area contributed by atoms with Gasteiger partial charge in [0.25, 0.3) is 0 Å². The number of hydrogen-bond donors (Lipinski definition) is 1. The molecule has 29 heavy (non-hydrogen) atoms. The van der Waals surface area contributed by atoms with Crippen LogP contribution >= 0.6 is 0 Å². The highest BCUT2D eigenvalue weighted by atomic mass is 16.3. The Balaban J connectivity index is 1.50. The van der Waals surface area contributed by atoms with E-state index in [4.69, 9.17) is 0 Å². The van der Waals surface area contributed by atoms with Gasteiger partial charge in [0.15, 0.2) is 0 Å². The van der Waals surface area contributed by atoms with E-state index in [9.17, 15) is 5.11 Å². The third-order valence-corrected chi connectivity index (χ3v) is 11.0. The quantitative estimate of drug-likeness (QED) is 0.470. The van der Waals surface area contributed by atoms with Crippen molar-refractivity contribution in [1.29, 1.82) is 0 Å². The summed E-state index contributed by atoms with van der Waals surface area (Å²) in [5, 5.41) is 10.2. The zero-order valence-electron chi connectivity index (χ0n) is 20.2. The summed E-state index contributed by atoms with van der Waals surface area (Å²) in [6.45, 7) is 15.1. The van der Waals surface area contributed by atoms with Crippen LogP contribution in [0.5, 0.6) is 0 Å². The number of fused-ring (bicyclic) bond motifs is 5. The van der Waals surface area contributed by atoms with Crippen LogP contribution in [0.4, 0.5) is 0 Å². The van der Waals surface area contributed by atoms with Crippen LogP contribution in [0.2, 0.25) is 0 Å². The molecule has 3 fully saturated rings. The molecule has 9 atom stereocenters. The summed E-state index contributed by atoms with van der Waals surface area (Å²) in [6, 6.07) is 0. The van der Waals surface area contributed by atoms with Crippen molar-refractivity contribution in [2.75, 3.05) is 0 Å². The van der Waals surface area contributed by atoms with Gasteiger partial charge in [-0.15, -0.1) is 0 Å². The Labute approximate surface area is 181 Å². The van der Waals surface area contributed by atoms with Crippen molar-refractivity contribution in [3.63, 3.8) is 0 Å². The Morgan fingerprint density at radius 3 is 2.34 bits per heavy atom. The monoisotopic (exact) mass is 400 g/mol. The summed E-state index contributed by atoms with van der Waals surface area (Å²) in [5.41, 5.74) is 2.88. The second-order valence-corrected chi connectivity index (χ2v) is 12.7. The Bertz CT molecular complexity index is 620. The maximum atomic E-state index is 10.2. The van der Waals surface area contributed by atoms with E-state index in [1.54, 1.807) is 0 Å². The SMILES string of the molecule is CC(C)[C@@H](C)CC[C@@H](C)[C@@H]1CC[C@@H]2C3=CC[C@H]4C[C@H](O)CC[C@]4(C)[C@@H]3CC[C@]21C. The van der Waals surface area contributed by atoms with Crippen molar-refractivity contribution in [3.05, 3.63) is 11.6 Å². The molecule has 4 aliphatic rings. The molecule has 1 N–H and O–H groups in total. The van der Waals surface area contributed by atoms with Crippen LogP contribution < -0.4 is 0 Å². The van der Waals surface area contributed by atoms with Gasteiger partial charge in [-0.05, 0) is 104 Å². The van der Waals surface area contributed by atoms with Crippen molar-refractivity contribution in [1.82, 2.24) is 0 Å². The molecule has 1 nitrogen and oxygen atoms in total. The van der Waals surface area contributed by atoms with Crippen LogP contribution in [0.15, 0.2) is 11.6 Å². The number of aliphatic hydroxyl groups is 1. The molecule has 0 unspecified atom stereocenters. The van der Waals surface area contributed by atoms with Gasteiger partial charge in [-0.1, -0.05) is 66.0 Å². The third kappa shape index (κ3) is 3.66. The Morgan fingerprint density at radius 2 is 1.62 bits per heavy atom. The Morgan fingerprint density at radius 1 is 0.931 bits per heavy atom. The topological polar surface area (TPSA) is 20.2 Å². The predicted octanol–water partition coefficient (Wildman–Crippen LogP) is 7.63. The summed E-state index contributed by atoms with van der Waals surface area (Å²) in [4.78, 5) is 0. The lowest BCUT2D eigenvalue weighted by atomic mass is 9.47. The van der Waals surface area contributed by atoms with Gasteiger partial charge in [-0.2, -0.15) is 0 Å². The van der Waals surface area contributed by atoms with Gasteiger partial charge in [0, 0.05) is 0 Å². The van der Waals surface area contributed by atoms with E-state index in [-0.39, 0.29) is 6.10 Å². The Kier molecular flexibility index (Phi) is 6.04. The van der Waals surface area contributed by atoms with E-state index in [0.29, 0.717) is 10.8 Å². The highest BCUT2D eigenvalue weighted by Crippen LogP contribution is 2.67. The van der Waals surface area contributed by atoms with Crippen molar-refractivity contribution < 1.29 is 5.11 Å². The van der Waals surface area contributed by atoms with E-state index in [1.165, 1.54) is 51.4 Å². The van der Waals surface area contributed by atoms with Gasteiger partial charge >= 0.3 is 0 Å². The number of aliphatic hydroxyl groups excluding tert-OH is 1. The van der Waals surface area contributed by atoms with Gasteiger partial charge in [0.05, 0.1) is 6.10 Å². The van der Waals surface area contributed by atoms with Crippen LogP contribution in [0, 0.1) is 52.3 Å². The summed E-state index contributed by atoms with van der Waals surface area (Å²) < 4.78 is 0. The molecule has 0 aromatic rings. The van der Waals surface area contributed by atoms with Gasteiger partial charge in [-0.25, -0.2) is 0 Å². The fraction of sp³-hybridized carbons (Fsp3) is 0.929. The van der Waals surface area contributed by atoms with E-state index < -0.39 is 0 Å². The first-order chi connectivity index (χ1) is 13.7. The molecule has 166 valence electrons. The minimum atomic E-state index is -0.0400. The van der Waals surface area contributed by atoms with Crippen LogP contribution in [-0.2, 0) is 0 Å². The molecule has 0 heterocycles. The summed E-state index contributed by atoms with van der Waals surface area (Å²) in [7, 11) is 0. The molecule has 0 aliphatic heterocycles. The maximum absolute atomic E-state index is 10.2. The molecule has 4 rings (SSSR count). The van der Waals surface area contributed by atoms with E-state index in [1.807, 2.05) is 5.57 Å². The van der Waals surface area contributed by atoms with Crippen molar-refractivity contribution >= 4 is 0 Å². The highest BCUT2D eigenvalue weighted by molar-refractivity contribution is 5.27. The number of rotatable bonds is 5. The van der Waals surface area contributed by atoms with Crippen LogP contribution in [0.1, 0.15) is 106 Å². The smallest absolute Gasteiger partial charge is 0.0543 e. The molecule has 0 bridgehead atoms. The van der Waals surface area contributed by atoms with Gasteiger partial charge in [0.2, 0.25) is 0 Å². The summed E-state index contributed by atoms with van der Waals surface area (Å²) >= 11 is 0.